The maximum absolute atomic E-state index is 12.7. The highest BCUT2D eigenvalue weighted by atomic mass is 35.5. The minimum Gasteiger partial charge on any atom is -0.328 e. The van der Waals surface area contributed by atoms with Gasteiger partial charge in [0, 0.05) is 17.5 Å². The molecular weight excluding hydrogens is 366 g/mol. The average Bonchev–Trinajstić information content (AvgIpc) is 3.06. The lowest BCUT2D eigenvalue weighted by Crippen LogP contribution is -2.34. The molecule has 1 fully saturated rings. The topological polar surface area (TPSA) is 68.0 Å². The number of rotatable bonds is 3. The number of fused-ring (bicyclic) bond motifs is 1. The van der Waals surface area contributed by atoms with Crippen LogP contribution in [0.25, 0.3) is 20.8 Å². The Labute approximate surface area is 163 Å². The van der Waals surface area contributed by atoms with Crippen molar-refractivity contribution in [3.63, 3.8) is 0 Å². The largest absolute Gasteiger partial charge is 0.328 e. The van der Waals surface area contributed by atoms with Crippen LogP contribution in [0.5, 0.6) is 0 Å². The first-order valence-corrected chi connectivity index (χ1v) is 9.54. The van der Waals surface area contributed by atoms with Crippen LogP contribution in [0, 0.1) is 5.92 Å². The predicted octanol–water partition coefficient (Wildman–Crippen LogP) is 4.84. The molecule has 4 rings (SSSR count). The third-order valence-corrected chi connectivity index (χ3v) is 5.86. The van der Waals surface area contributed by atoms with Crippen molar-refractivity contribution in [3.05, 3.63) is 48.5 Å². The molecule has 2 aromatic carbocycles. The van der Waals surface area contributed by atoms with Gasteiger partial charge in [-0.25, -0.2) is 4.98 Å². The highest BCUT2D eigenvalue weighted by Crippen LogP contribution is 2.35. The van der Waals surface area contributed by atoms with Crippen LogP contribution in [-0.4, -0.2) is 16.9 Å². The summed E-state index contributed by atoms with van der Waals surface area (Å²) in [6, 6.07) is 16.1. The van der Waals surface area contributed by atoms with Gasteiger partial charge >= 0.3 is 0 Å². The molecule has 0 saturated heterocycles. The predicted molar refractivity (Wildman–Crippen MR) is 111 cm³/mol. The molecule has 1 heterocycles. The van der Waals surface area contributed by atoms with Gasteiger partial charge in [0.25, 0.3) is 0 Å². The number of carbonyl (C=O) groups is 1. The van der Waals surface area contributed by atoms with Crippen LogP contribution in [0.2, 0.25) is 0 Å². The van der Waals surface area contributed by atoms with E-state index in [1.54, 1.807) is 11.3 Å². The van der Waals surface area contributed by atoms with E-state index in [-0.39, 0.29) is 30.3 Å². The third kappa shape index (κ3) is 3.90. The van der Waals surface area contributed by atoms with Crippen LogP contribution in [0.1, 0.15) is 25.7 Å². The van der Waals surface area contributed by atoms with Gasteiger partial charge in [-0.3, -0.25) is 4.79 Å². The van der Waals surface area contributed by atoms with Crippen molar-refractivity contribution >= 4 is 45.6 Å². The number of hydrogen-bond donors (Lipinski definition) is 2. The number of nitrogens with two attached hydrogens (primary N) is 1. The van der Waals surface area contributed by atoms with Crippen molar-refractivity contribution in [1.82, 2.24) is 4.98 Å². The molecule has 6 heteroatoms. The van der Waals surface area contributed by atoms with E-state index >= 15 is 0 Å². The second kappa shape index (κ2) is 8.16. The Morgan fingerprint density at radius 1 is 1.12 bits per heavy atom. The van der Waals surface area contributed by atoms with Gasteiger partial charge in [0.05, 0.1) is 15.9 Å². The Bertz CT molecular complexity index is 878. The molecule has 0 spiro atoms. The SMILES string of the molecule is Cl.NC1CCCC(C(=O)Nc2ccccc2-c2nc3ccccc3s2)C1. The second-order valence-electron chi connectivity index (χ2n) is 6.65. The first-order valence-electron chi connectivity index (χ1n) is 8.72. The zero-order chi connectivity index (χ0) is 17.2. The van der Waals surface area contributed by atoms with E-state index in [0.29, 0.717) is 0 Å². The van der Waals surface area contributed by atoms with Crippen molar-refractivity contribution in [2.45, 2.75) is 31.7 Å². The number of hydrogen-bond acceptors (Lipinski definition) is 4. The summed E-state index contributed by atoms with van der Waals surface area (Å²) in [7, 11) is 0. The lowest BCUT2D eigenvalue weighted by Gasteiger charge is -2.25. The van der Waals surface area contributed by atoms with Gasteiger partial charge < -0.3 is 11.1 Å². The molecule has 1 aliphatic carbocycles. The summed E-state index contributed by atoms with van der Waals surface area (Å²) in [5.74, 6) is 0.0795. The Kier molecular flexibility index (Phi) is 5.91. The Morgan fingerprint density at radius 2 is 1.88 bits per heavy atom. The zero-order valence-corrected chi connectivity index (χ0v) is 16.0. The van der Waals surface area contributed by atoms with E-state index in [1.165, 1.54) is 0 Å². The van der Waals surface area contributed by atoms with E-state index in [0.717, 1.165) is 52.2 Å². The maximum atomic E-state index is 12.7. The summed E-state index contributed by atoms with van der Waals surface area (Å²) in [6.45, 7) is 0. The maximum Gasteiger partial charge on any atom is 0.227 e. The van der Waals surface area contributed by atoms with Crippen LogP contribution < -0.4 is 11.1 Å². The quantitative estimate of drug-likeness (QED) is 0.675. The van der Waals surface area contributed by atoms with Crippen molar-refractivity contribution in [2.75, 3.05) is 5.32 Å². The monoisotopic (exact) mass is 387 g/mol. The number of amides is 1. The fourth-order valence-corrected chi connectivity index (χ4v) is 4.47. The summed E-state index contributed by atoms with van der Waals surface area (Å²) < 4.78 is 1.15. The van der Waals surface area contributed by atoms with Gasteiger partial charge in [-0.15, -0.1) is 23.7 Å². The Hall–Kier alpha value is -1.95. The normalized spacial score (nSPS) is 19.7. The van der Waals surface area contributed by atoms with E-state index in [2.05, 4.69) is 11.4 Å². The number of para-hydroxylation sites is 2. The molecule has 2 unspecified atom stereocenters. The summed E-state index contributed by atoms with van der Waals surface area (Å²) in [6.07, 6.45) is 3.74. The number of nitrogens with one attached hydrogen (secondary N) is 1. The molecule has 3 N–H and O–H groups in total. The second-order valence-corrected chi connectivity index (χ2v) is 7.68. The van der Waals surface area contributed by atoms with Crippen LogP contribution in [0.4, 0.5) is 5.69 Å². The third-order valence-electron chi connectivity index (χ3n) is 4.79. The van der Waals surface area contributed by atoms with Crippen LogP contribution in [-0.2, 0) is 4.79 Å². The number of thiazole rings is 1. The van der Waals surface area contributed by atoms with Gasteiger partial charge in [-0.2, -0.15) is 0 Å². The zero-order valence-electron chi connectivity index (χ0n) is 14.4. The molecule has 26 heavy (non-hydrogen) atoms. The first-order chi connectivity index (χ1) is 12.2. The number of halogens is 1. The molecule has 4 nitrogen and oxygen atoms in total. The molecule has 136 valence electrons. The summed E-state index contributed by atoms with van der Waals surface area (Å²) >= 11 is 1.65. The summed E-state index contributed by atoms with van der Waals surface area (Å²) in [5, 5.41) is 4.04. The van der Waals surface area contributed by atoms with Crippen LogP contribution >= 0.6 is 23.7 Å². The number of carbonyl (C=O) groups excluding carboxylic acids is 1. The summed E-state index contributed by atoms with van der Waals surface area (Å²) in [5.41, 5.74) is 8.81. The van der Waals surface area contributed by atoms with Crippen molar-refractivity contribution < 1.29 is 4.79 Å². The Balaban J connectivity index is 0.00000196. The molecule has 1 aliphatic rings. The minimum absolute atomic E-state index is 0. The Morgan fingerprint density at radius 3 is 2.69 bits per heavy atom. The molecule has 1 amide bonds. The molecular formula is C20H22ClN3OS. The van der Waals surface area contributed by atoms with Crippen LogP contribution in [0.15, 0.2) is 48.5 Å². The van der Waals surface area contributed by atoms with Gasteiger partial charge in [0.1, 0.15) is 5.01 Å². The van der Waals surface area contributed by atoms with E-state index in [4.69, 9.17) is 10.7 Å². The molecule has 2 atom stereocenters. The number of anilines is 1. The molecule has 0 bridgehead atoms. The van der Waals surface area contributed by atoms with Crippen molar-refractivity contribution in [1.29, 1.82) is 0 Å². The van der Waals surface area contributed by atoms with E-state index in [1.807, 2.05) is 42.5 Å². The fraction of sp³-hybridized carbons (Fsp3) is 0.300. The smallest absolute Gasteiger partial charge is 0.227 e. The average molecular weight is 388 g/mol. The van der Waals surface area contributed by atoms with Gasteiger partial charge in [0.15, 0.2) is 0 Å². The molecule has 3 aromatic rings. The lowest BCUT2D eigenvalue weighted by molar-refractivity contribution is -0.120. The van der Waals surface area contributed by atoms with Crippen molar-refractivity contribution in [3.8, 4) is 10.6 Å². The highest BCUT2D eigenvalue weighted by Gasteiger charge is 2.26. The lowest BCUT2D eigenvalue weighted by atomic mass is 9.85. The van der Waals surface area contributed by atoms with E-state index < -0.39 is 0 Å². The van der Waals surface area contributed by atoms with E-state index in [9.17, 15) is 4.79 Å². The fourth-order valence-electron chi connectivity index (χ4n) is 3.47. The minimum atomic E-state index is 0. The van der Waals surface area contributed by atoms with Gasteiger partial charge in [-0.05, 0) is 43.5 Å². The van der Waals surface area contributed by atoms with Gasteiger partial charge in [0.2, 0.25) is 5.91 Å². The number of aromatic nitrogens is 1. The number of nitrogens with zero attached hydrogens (tertiary/aromatic N) is 1. The summed E-state index contributed by atoms with van der Waals surface area (Å²) in [4.78, 5) is 17.4. The molecule has 0 aliphatic heterocycles. The molecule has 1 saturated carbocycles. The number of benzene rings is 2. The molecule has 0 radical (unpaired) electrons. The molecule has 1 aromatic heterocycles. The van der Waals surface area contributed by atoms with Crippen LogP contribution in [0.3, 0.4) is 0 Å². The highest BCUT2D eigenvalue weighted by molar-refractivity contribution is 7.21. The van der Waals surface area contributed by atoms with Crippen molar-refractivity contribution in [2.24, 2.45) is 11.7 Å². The standard InChI is InChI=1S/C20H21N3OS.ClH/c21-14-7-5-6-13(12-14)19(24)22-16-9-2-1-8-15(16)20-23-17-10-3-4-11-18(17)25-20;/h1-4,8-11,13-14H,5-7,12,21H2,(H,22,24);1H. The van der Waals surface area contributed by atoms with Gasteiger partial charge in [-0.1, -0.05) is 30.7 Å². The first kappa shape index (κ1) is 18.8.